The number of rotatable bonds is 6. The minimum absolute atomic E-state index is 0.0406. The molecule has 0 fully saturated rings. The first-order valence-electron chi connectivity index (χ1n) is 5.94. The van der Waals surface area contributed by atoms with Crippen LogP contribution in [0.4, 0.5) is 5.69 Å². The van der Waals surface area contributed by atoms with Crippen molar-refractivity contribution in [3.05, 3.63) is 28.8 Å². The molecule has 0 bridgehead atoms. The molecule has 0 spiro atoms. The molecule has 0 saturated carbocycles. The van der Waals surface area contributed by atoms with Gasteiger partial charge in [0.15, 0.2) is 0 Å². The summed E-state index contributed by atoms with van der Waals surface area (Å²) in [5.74, 6) is -0.158. The Balaban J connectivity index is 2.74. The molecule has 5 heteroatoms. The number of carbonyl (C=O) groups excluding carboxylic acids is 1. The summed E-state index contributed by atoms with van der Waals surface area (Å²) in [7, 11) is 1.77. The van der Waals surface area contributed by atoms with Crippen LogP contribution in [-0.2, 0) is 4.74 Å². The summed E-state index contributed by atoms with van der Waals surface area (Å²) in [5, 5.41) is 6.38. The summed E-state index contributed by atoms with van der Waals surface area (Å²) in [4.78, 5) is 12.1. The molecular weight excluding hydrogens is 252 g/mol. The number of ether oxygens (including phenoxy) is 1. The lowest BCUT2D eigenvalue weighted by Gasteiger charge is -2.15. The van der Waals surface area contributed by atoms with E-state index in [1.54, 1.807) is 25.2 Å². The summed E-state index contributed by atoms with van der Waals surface area (Å²) in [6.45, 7) is 4.96. The molecule has 18 heavy (non-hydrogen) atoms. The fourth-order valence-corrected chi connectivity index (χ4v) is 1.73. The molecule has 0 aliphatic rings. The molecule has 2 N–H and O–H groups in total. The second-order valence-corrected chi connectivity index (χ2v) is 4.41. The van der Waals surface area contributed by atoms with E-state index in [1.165, 1.54) is 0 Å². The first-order valence-corrected chi connectivity index (χ1v) is 6.32. The van der Waals surface area contributed by atoms with E-state index in [2.05, 4.69) is 10.6 Å². The Kier molecular flexibility index (Phi) is 5.95. The summed E-state index contributed by atoms with van der Waals surface area (Å²) in [6, 6.07) is 5.13. The number of anilines is 1. The van der Waals surface area contributed by atoms with Crippen molar-refractivity contribution < 1.29 is 9.53 Å². The van der Waals surface area contributed by atoms with Gasteiger partial charge in [-0.25, -0.2) is 0 Å². The third kappa shape index (κ3) is 4.20. The summed E-state index contributed by atoms with van der Waals surface area (Å²) < 4.78 is 5.26. The Morgan fingerprint density at radius 2 is 2.22 bits per heavy atom. The van der Waals surface area contributed by atoms with Gasteiger partial charge in [0.05, 0.1) is 12.2 Å². The minimum atomic E-state index is -0.158. The van der Waals surface area contributed by atoms with Gasteiger partial charge >= 0.3 is 0 Å². The lowest BCUT2D eigenvalue weighted by molar-refractivity contribution is 0.0872. The third-order valence-electron chi connectivity index (χ3n) is 2.45. The van der Waals surface area contributed by atoms with Gasteiger partial charge in [-0.3, -0.25) is 4.79 Å². The van der Waals surface area contributed by atoms with Gasteiger partial charge in [0.2, 0.25) is 0 Å². The van der Waals surface area contributed by atoms with Crippen LogP contribution in [0.2, 0.25) is 5.02 Å². The topological polar surface area (TPSA) is 50.4 Å². The van der Waals surface area contributed by atoms with Gasteiger partial charge in [0.1, 0.15) is 0 Å². The molecule has 1 aromatic carbocycles. The zero-order chi connectivity index (χ0) is 13.5. The van der Waals surface area contributed by atoms with Gasteiger partial charge in [-0.2, -0.15) is 0 Å². The number of nitrogens with one attached hydrogen (secondary N) is 2. The van der Waals surface area contributed by atoms with Gasteiger partial charge in [0.25, 0.3) is 5.91 Å². The first-order chi connectivity index (χ1) is 8.58. The standard InChI is InChI=1S/C13H19ClN2O2/c1-4-18-8-9(2)16-13(17)11-7-10(14)5-6-12(11)15-3/h5-7,9,15H,4,8H2,1-3H3,(H,16,17). The van der Waals surface area contributed by atoms with E-state index >= 15 is 0 Å². The lowest BCUT2D eigenvalue weighted by atomic mass is 10.1. The zero-order valence-electron chi connectivity index (χ0n) is 10.9. The van der Waals surface area contributed by atoms with Crippen LogP contribution in [0.25, 0.3) is 0 Å². The maximum atomic E-state index is 12.1. The van der Waals surface area contributed by atoms with Crippen LogP contribution in [0.1, 0.15) is 24.2 Å². The average molecular weight is 271 g/mol. The highest BCUT2D eigenvalue weighted by Crippen LogP contribution is 2.20. The normalized spacial score (nSPS) is 12.0. The molecule has 1 atom stereocenters. The maximum absolute atomic E-state index is 12.1. The van der Waals surface area contributed by atoms with E-state index in [1.807, 2.05) is 13.8 Å². The van der Waals surface area contributed by atoms with E-state index in [-0.39, 0.29) is 11.9 Å². The van der Waals surface area contributed by atoms with Crippen molar-refractivity contribution in [2.45, 2.75) is 19.9 Å². The minimum Gasteiger partial charge on any atom is -0.387 e. The predicted molar refractivity (Wildman–Crippen MR) is 74.4 cm³/mol. The van der Waals surface area contributed by atoms with Crippen molar-refractivity contribution in [3.63, 3.8) is 0 Å². The monoisotopic (exact) mass is 270 g/mol. The number of hydrogen-bond acceptors (Lipinski definition) is 3. The molecule has 4 nitrogen and oxygen atoms in total. The number of benzene rings is 1. The van der Waals surface area contributed by atoms with Crippen molar-refractivity contribution in [3.8, 4) is 0 Å². The van der Waals surface area contributed by atoms with Gasteiger partial charge in [-0.05, 0) is 32.0 Å². The number of halogens is 1. The van der Waals surface area contributed by atoms with Crippen LogP contribution >= 0.6 is 11.6 Å². The van der Waals surface area contributed by atoms with Gasteiger partial charge in [-0.1, -0.05) is 11.6 Å². The second-order valence-electron chi connectivity index (χ2n) is 3.97. The van der Waals surface area contributed by atoms with Gasteiger partial charge < -0.3 is 15.4 Å². The summed E-state index contributed by atoms with van der Waals surface area (Å²) in [6.07, 6.45) is 0. The van der Waals surface area contributed by atoms with Crippen molar-refractivity contribution in [2.75, 3.05) is 25.6 Å². The molecule has 1 unspecified atom stereocenters. The van der Waals surface area contributed by atoms with E-state index < -0.39 is 0 Å². The SMILES string of the molecule is CCOCC(C)NC(=O)c1cc(Cl)ccc1NC. The highest BCUT2D eigenvalue weighted by Gasteiger charge is 2.13. The van der Waals surface area contributed by atoms with E-state index in [4.69, 9.17) is 16.3 Å². The van der Waals surface area contributed by atoms with E-state index in [9.17, 15) is 4.79 Å². The highest BCUT2D eigenvalue weighted by molar-refractivity contribution is 6.31. The van der Waals surface area contributed by atoms with Crippen molar-refractivity contribution in [2.24, 2.45) is 0 Å². The van der Waals surface area contributed by atoms with E-state index in [0.29, 0.717) is 23.8 Å². The Hall–Kier alpha value is -1.26. The third-order valence-corrected chi connectivity index (χ3v) is 2.68. The van der Waals surface area contributed by atoms with E-state index in [0.717, 1.165) is 5.69 Å². The number of hydrogen-bond donors (Lipinski definition) is 2. The summed E-state index contributed by atoms with van der Waals surface area (Å²) >= 11 is 5.91. The van der Waals surface area contributed by atoms with Crippen molar-refractivity contribution in [1.29, 1.82) is 0 Å². The summed E-state index contributed by atoms with van der Waals surface area (Å²) in [5.41, 5.74) is 1.29. The highest BCUT2D eigenvalue weighted by atomic mass is 35.5. The smallest absolute Gasteiger partial charge is 0.253 e. The predicted octanol–water partition coefficient (Wildman–Crippen LogP) is 2.54. The van der Waals surface area contributed by atoms with Gasteiger partial charge in [-0.15, -0.1) is 0 Å². The van der Waals surface area contributed by atoms with Crippen LogP contribution < -0.4 is 10.6 Å². The van der Waals surface area contributed by atoms with Crippen molar-refractivity contribution >= 4 is 23.2 Å². The molecule has 0 radical (unpaired) electrons. The zero-order valence-corrected chi connectivity index (χ0v) is 11.7. The molecule has 0 aromatic heterocycles. The molecule has 0 heterocycles. The fraction of sp³-hybridized carbons (Fsp3) is 0.462. The van der Waals surface area contributed by atoms with Gasteiger partial charge in [0, 0.05) is 30.4 Å². The Bertz CT molecular complexity index is 410. The quantitative estimate of drug-likeness (QED) is 0.835. The molecule has 0 saturated heterocycles. The molecule has 0 aliphatic carbocycles. The van der Waals surface area contributed by atoms with Crippen LogP contribution in [0, 0.1) is 0 Å². The number of amides is 1. The average Bonchev–Trinajstić information content (AvgIpc) is 2.36. The fourth-order valence-electron chi connectivity index (χ4n) is 1.56. The molecule has 100 valence electrons. The molecule has 1 aromatic rings. The van der Waals surface area contributed by atoms with Crippen molar-refractivity contribution in [1.82, 2.24) is 5.32 Å². The molecule has 1 amide bonds. The van der Waals surface area contributed by atoms with Crippen LogP contribution in [0.3, 0.4) is 0 Å². The first kappa shape index (κ1) is 14.8. The van der Waals surface area contributed by atoms with Crippen LogP contribution in [0.15, 0.2) is 18.2 Å². The lowest BCUT2D eigenvalue weighted by Crippen LogP contribution is -2.36. The van der Waals surface area contributed by atoms with Crippen LogP contribution in [0.5, 0.6) is 0 Å². The molecule has 1 rings (SSSR count). The Morgan fingerprint density at radius 3 is 2.83 bits per heavy atom. The maximum Gasteiger partial charge on any atom is 0.253 e. The Morgan fingerprint density at radius 1 is 1.50 bits per heavy atom. The van der Waals surface area contributed by atoms with Crippen LogP contribution in [-0.4, -0.2) is 32.2 Å². The second kappa shape index (κ2) is 7.24. The Labute approximate surface area is 113 Å². The molecular formula is C13H19ClN2O2. The largest absolute Gasteiger partial charge is 0.387 e. The number of carbonyl (C=O) groups is 1. The molecule has 0 aliphatic heterocycles.